The zero-order chi connectivity index (χ0) is 35.4. The van der Waals surface area contributed by atoms with Crippen molar-refractivity contribution in [3.05, 3.63) is 29.8 Å². The van der Waals surface area contributed by atoms with Crippen molar-refractivity contribution < 1.29 is 47.7 Å². The summed E-state index contributed by atoms with van der Waals surface area (Å²) in [6.07, 6.45) is -1.58. The van der Waals surface area contributed by atoms with Gasteiger partial charge in [0.25, 0.3) is 0 Å². The average Bonchev–Trinajstić information content (AvgIpc) is 2.91. The zero-order valence-corrected chi connectivity index (χ0v) is 28.7. The molecule has 0 radical (unpaired) electrons. The molecule has 0 saturated carbocycles. The lowest BCUT2D eigenvalue weighted by atomic mass is 9.99. The van der Waals surface area contributed by atoms with Crippen molar-refractivity contribution in [3.8, 4) is 5.75 Å². The van der Waals surface area contributed by atoms with E-state index in [0.29, 0.717) is 5.56 Å². The van der Waals surface area contributed by atoms with Gasteiger partial charge >= 0.3 is 24.1 Å². The summed E-state index contributed by atoms with van der Waals surface area (Å²) < 4.78 is 20.5. The fourth-order valence-corrected chi connectivity index (χ4v) is 3.87. The normalized spacial score (nSPS) is 13.5. The molecule has 0 bridgehead atoms. The Kier molecular flexibility index (Phi) is 15.0. The van der Waals surface area contributed by atoms with Crippen LogP contribution < -0.4 is 26.0 Å². The van der Waals surface area contributed by atoms with Crippen molar-refractivity contribution in [3.63, 3.8) is 0 Å². The van der Waals surface area contributed by atoms with Gasteiger partial charge in [0.1, 0.15) is 41.6 Å². The van der Waals surface area contributed by atoms with E-state index in [9.17, 15) is 28.8 Å². The fraction of sp³-hybridized carbons (Fsp3) is 0.625. The van der Waals surface area contributed by atoms with Crippen LogP contribution in [-0.4, -0.2) is 78.9 Å². The monoisotopic (exact) mass is 650 g/mol. The van der Waals surface area contributed by atoms with Gasteiger partial charge in [-0.3, -0.25) is 9.59 Å². The van der Waals surface area contributed by atoms with Gasteiger partial charge in [-0.1, -0.05) is 39.8 Å². The number of benzene rings is 1. The summed E-state index contributed by atoms with van der Waals surface area (Å²) >= 11 is 0. The fourth-order valence-electron chi connectivity index (χ4n) is 3.87. The van der Waals surface area contributed by atoms with Crippen LogP contribution in [0.4, 0.5) is 9.59 Å². The van der Waals surface area contributed by atoms with E-state index < -0.39 is 71.8 Å². The number of carbonyl (C=O) groups excluding carboxylic acids is 6. The molecule has 4 amide bonds. The van der Waals surface area contributed by atoms with Gasteiger partial charge < -0.3 is 40.2 Å². The molecule has 0 aliphatic carbocycles. The zero-order valence-electron chi connectivity index (χ0n) is 28.7. The van der Waals surface area contributed by atoms with E-state index >= 15 is 0 Å². The van der Waals surface area contributed by atoms with Gasteiger partial charge in [0, 0.05) is 6.42 Å². The molecular weight excluding hydrogens is 600 g/mol. The minimum Gasteiger partial charge on any atom is -0.467 e. The Bertz CT molecular complexity index is 1220. The highest BCUT2D eigenvalue weighted by molar-refractivity contribution is 5.93. The molecule has 0 heterocycles. The summed E-state index contributed by atoms with van der Waals surface area (Å²) in [7, 11) is 1.21. The Morgan fingerprint density at radius 3 is 1.70 bits per heavy atom. The highest BCUT2D eigenvalue weighted by Crippen LogP contribution is 2.16. The number of nitrogens with one attached hydrogen (secondary N) is 4. The highest BCUT2D eigenvalue weighted by Gasteiger charge is 2.33. The van der Waals surface area contributed by atoms with Crippen molar-refractivity contribution in [2.75, 3.05) is 13.7 Å². The van der Waals surface area contributed by atoms with Crippen molar-refractivity contribution in [2.45, 2.75) is 105 Å². The summed E-state index contributed by atoms with van der Waals surface area (Å²) in [5.74, 6) is -3.17. The van der Waals surface area contributed by atoms with Crippen LogP contribution in [0.25, 0.3) is 0 Å². The van der Waals surface area contributed by atoms with E-state index in [0.717, 1.165) is 0 Å². The minimum absolute atomic E-state index is 0.0186. The van der Waals surface area contributed by atoms with Gasteiger partial charge in [-0.15, -0.1) is 0 Å². The first-order valence-electron chi connectivity index (χ1n) is 15.1. The number of carbonyl (C=O) groups is 6. The van der Waals surface area contributed by atoms with Gasteiger partial charge in [-0.2, -0.15) is 0 Å². The van der Waals surface area contributed by atoms with Gasteiger partial charge in [-0.25, -0.2) is 19.2 Å². The van der Waals surface area contributed by atoms with Crippen LogP contribution in [0.3, 0.4) is 0 Å². The van der Waals surface area contributed by atoms with Crippen LogP contribution in [-0.2, 0) is 39.8 Å². The molecular formula is C32H50N4O10. The molecule has 1 aromatic rings. The second kappa shape index (κ2) is 17.4. The molecule has 3 atom stereocenters. The van der Waals surface area contributed by atoms with Gasteiger partial charge in [0.05, 0.1) is 7.11 Å². The predicted molar refractivity (Wildman–Crippen MR) is 169 cm³/mol. The molecule has 0 saturated heterocycles. The Morgan fingerprint density at radius 1 is 0.696 bits per heavy atom. The first-order valence-corrected chi connectivity index (χ1v) is 15.1. The van der Waals surface area contributed by atoms with E-state index in [-0.39, 0.29) is 24.0 Å². The Hall–Kier alpha value is -4.36. The second-order valence-electron chi connectivity index (χ2n) is 13.4. The lowest BCUT2D eigenvalue weighted by Gasteiger charge is -2.28. The van der Waals surface area contributed by atoms with Crippen LogP contribution in [0, 0.1) is 11.8 Å². The molecule has 1 rings (SSSR count). The topological polar surface area (TPSA) is 187 Å². The van der Waals surface area contributed by atoms with E-state index in [2.05, 4.69) is 21.3 Å². The number of hydrogen-bond donors (Lipinski definition) is 4. The summed E-state index contributed by atoms with van der Waals surface area (Å²) in [6.45, 7) is 16.7. The molecule has 0 aromatic heterocycles. The van der Waals surface area contributed by atoms with E-state index in [1.807, 2.05) is 0 Å². The number of esters is 2. The number of rotatable bonds is 13. The maximum Gasteiger partial charge on any atom is 0.408 e. The van der Waals surface area contributed by atoms with Crippen LogP contribution in [0.15, 0.2) is 24.3 Å². The summed E-state index contributed by atoms with van der Waals surface area (Å²) in [5, 5.41) is 10.2. The molecule has 1 aromatic carbocycles. The third-order valence-corrected chi connectivity index (χ3v) is 6.04. The third kappa shape index (κ3) is 15.1. The van der Waals surface area contributed by atoms with Crippen molar-refractivity contribution in [1.82, 2.24) is 21.3 Å². The van der Waals surface area contributed by atoms with E-state index in [1.165, 1.54) is 19.2 Å². The molecule has 4 N–H and O–H groups in total. The number of alkyl carbamates (subject to hydrolysis) is 2. The number of methoxy groups -OCH3 is 1. The van der Waals surface area contributed by atoms with E-state index in [4.69, 9.17) is 18.9 Å². The standard InChI is InChI=1S/C32H50N4O10/c1-18(2)24(36-30(42)46-32(8,9)10)27(39)34-22(26(38)35-25(19(3)4)28(40)43-11)16-20-12-14-21(15-13-20)44-23(37)17-33-29(41)45-31(5,6)7/h12-15,18-19,22,24-25H,16-17H2,1-11H3,(H,33,41)(H,34,39)(H,35,38)(H,36,42)/t22-,24-,25-/m1/s1. The Morgan fingerprint density at radius 2 is 1.22 bits per heavy atom. The molecule has 0 spiro atoms. The van der Waals surface area contributed by atoms with Crippen molar-refractivity contribution in [2.24, 2.45) is 11.8 Å². The smallest absolute Gasteiger partial charge is 0.408 e. The Labute approximate surface area is 271 Å². The quantitative estimate of drug-likeness (QED) is 0.140. The maximum atomic E-state index is 13.5. The molecule has 14 nitrogen and oxygen atoms in total. The third-order valence-electron chi connectivity index (χ3n) is 6.04. The molecule has 258 valence electrons. The molecule has 0 aliphatic heterocycles. The van der Waals surface area contributed by atoms with Gasteiger partial charge in [-0.05, 0) is 71.1 Å². The van der Waals surface area contributed by atoms with Gasteiger partial charge in [0.15, 0.2) is 0 Å². The van der Waals surface area contributed by atoms with Crippen LogP contribution >= 0.6 is 0 Å². The largest absolute Gasteiger partial charge is 0.467 e. The van der Waals surface area contributed by atoms with Crippen molar-refractivity contribution >= 4 is 35.9 Å². The SMILES string of the molecule is COC(=O)[C@H](NC(=O)[C@@H](Cc1ccc(OC(=O)CNC(=O)OC(C)(C)C)cc1)NC(=O)[C@H](NC(=O)OC(C)(C)C)C(C)C)C(C)C. The first kappa shape index (κ1) is 39.7. The van der Waals surface area contributed by atoms with Crippen LogP contribution in [0.2, 0.25) is 0 Å². The summed E-state index contributed by atoms with van der Waals surface area (Å²) in [5.41, 5.74) is -0.941. The predicted octanol–water partition coefficient (Wildman–Crippen LogP) is 3.01. The number of hydrogen-bond acceptors (Lipinski definition) is 10. The second-order valence-corrected chi connectivity index (χ2v) is 13.4. The summed E-state index contributed by atoms with van der Waals surface area (Å²) in [4.78, 5) is 75.7. The van der Waals surface area contributed by atoms with Crippen LogP contribution in [0.1, 0.15) is 74.8 Å². The first-order chi connectivity index (χ1) is 21.1. The van der Waals surface area contributed by atoms with Crippen LogP contribution in [0.5, 0.6) is 5.75 Å². The molecule has 0 aliphatic rings. The maximum absolute atomic E-state index is 13.5. The minimum atomic E-state index is -1.17. The highest BCUT2D eigenvalue weighted by atomic mass is 16.6. The molecule has 0 unspecified atom stereocenters. The molecule has 46 heavy (non-hydrogen) atoms. The number of ether oxygens (including phenoxy) is 4. The van der Waals surface area contributed by atoms with Gasteiger partial charge in [0.2, 0.25) is 11.8 Å². The molecule has 14 heteroatoms. The Balaban J connectivity index is 3.13. The van der Waals surface area contributed by atoms with E-state index in [1.54, 1.807) is 81.4 Å². The number of amides is 4. The summed E-state index contributed by atoms with van der Waals surface area (Å²) in [6, 6.07) is 2.97. The van der Waals surface area contributed by atoms with Crippen molar-refractivity contribution in [1.29, 1.82) is 0 Å². The average molecular weight is 651 g/mol. The molecule has 0 fully saturated rings. The lowest BCUT2D eigenvalue weighted by Crippen LogP contribution is -2.58. The lowest BCUT2D eigenvalue weighted by molar-refractivity contribution is -0.146.